The molecule has 1 aromatic heterocycles. The second-order valence-electron chi connectivity index (χ2n) is 4.76. The average molecular weight is 235 g/mol. The van der Waals surface area contributed by atoms with Gasteiger partial charge in [-0.15, -0.1) is 0 Å². The molecule has 17 heavy (non-hydrogen) atoms. The van der Waals surface area contributed by atoms with Crippen molar-refractivity contribution in [2.45, 2.75) is 33.1 Å². The van der Waals surface area contributed by atoms with Crippen LogP contribution in [0.5, 0.6) is 5.88 Å². The first-order chi connectivity index (χ1) is 8.29. The second kappa shape index (κ2) is 5.84. The lowest BCUT2D eigenvalue weighted by Gasteiger charge is -2.11. The van der Waals surface area contributed by atoms with Gasteiger partial charge in [-0.2, -0.15) is 4.98 Å². The number of rotatable bonds is 7. The summed E-state index contributed by atoms with van der Waals surface area (Å²) in [6.45, 7) is 6.01. The largest absolute Gasteiger partial charge is 0.478 e. The zero-order valence-corrected chi connectivity index (χ0v) is 10.6. The van der Waals surface area contributed by atoms with Gasteiger partial charge in [0.1, 0.15) is 0 Å². The minimum absolute atomic E-state index is 0.656. The van der Waals surface area contributed by atoms with Gasteiger partial charge in [-0.05, 0) is 31.1 Å². The summed E-state index contributed by atoms with van der Waals surface area (Å²) in [6.07, 6.45) is 5.49. The standard InChI is InChI=1S/C13H21N3O/c1-3-8-17-12-6-7-14-13(16-12)15-9-10(2)11-4-5-11/h6-7,10-11H,3-5,8-9H2,1-2H3,(H,14,15,16). The maximum Gasteiger partial charge on any atom is 0.225 e. The molecule has 0 aromatic carbocycles. The normalized spacial score (nSPS) is 16.6. The number of anilines is 1. The Labute approximate surface area is 103 Å². The molecule has 4 heteroatoms. The number of nitrogens with one attached hydrogen (secondary N) is 1. The van der Waals surface area contributed by atoms with Crippen LogP contribution in [0.1, 0.15) is 33.1 Å². The zero-order chi connectivity index (χ0) is 12.1. The van der Waals surface area contributed by atoms with E-state index in [1.165, 1.54) is 12.8 Å². The first-order valence-corrected chi connectivity index (χ1v) is 6.49. The highest BCUT2D eigenvalue weighted by Gasteiger charge is 2.27. The fourth-order valence-corrected chi connectivity index (χ4v) is 1.80. The van der Waals surface area contributed by atoms with Crippen molar-refractivity contribution in [1.82, 2.24) is 9.97 Å². The van der Waals surface area contributed by atoms with Gasteiger partial charge in [0.25, 0.3) is 0 Å². The summed E-state index contributed by atoms with van der Waals surface area (Å²) in [4.78, 5) is 8.51. The molecule has 1 aliphatic carbocycles. The van der Waals surface area contributed by atoms with E-state index in [0.717, 1.165) is 18.9 Å². The molecule has 0 aliphatic heterocycles. The lowest BCUT2D eigenvalue weighted by Crippen LogP contribution is -2.14. The van der Waals surface area contributed by atoms with Crippen molar-refractivity contribution < 1.29 is 4.74 Å². The van der Waals surface area contributed by atoms with Gasteiger partial charge in [0, 0.05) is 18.8 Å². The van der Waals surface area contributed by atoms with Crippen LogP contribution in [-0.4, -0.2) is 23.1 Å². The van der Waals surface area contributed by atoms with E-state index in [-0.39, 0.29) is 0 Å². The third-order valence-corrected chi connectivity index (χ3v) is 3.09. The summed E-state index contributed by atoms with van der Waals surface area (Å²) in [7, 11) is 0. The molecule has 1 heterocycles. The van der Waals surface area contributed by atoms with Crippen LogP contribution in [0.25, 0.3) is 0 Å². The maximum absolute atomic E-state index is 5.47. The summed E-state index contributed by atoms with van der Waals surface area (Å²) < 4.78 is 5.47. The van der Waals surface area contributed by atoms with Gasteiger partial charge in [-0.25, -0.2) is 4.98 Å². The monoisotopic (exact) mass is 235 g/mol. The van der Waals surface area contributed by atoms with Gasteiger partial charge >= 0.3 is 0 Å². The Bertz CT molecular complexity index is 352. The topological polar surface area (TPSA) is 47.0 Å². The molecule has 1 N–H and O–H groups in total. The van der Waals surface area contributed by atoms with E-state index in [1.54, 1.807) is 12.3 Å². The molecule has 0 radical (unpaired) electrons. The number of nitrogens with zero attached hydrogens (tertiary/aromatic N) is 2. The van der Waals surface area contributed by atoms with Crippen molar-refractivity contribution in [2.75, 3.05) is 18.5 Å². The van der Waals surface area contributed by atoms with Crippen molar-refractivity contribution in [2.24, 2.45) is 11.8 Å². The third kappa shape index (κ3) is 3.88. The molecule has 0 saturated heterocycles. The van der Waals surface area contributed by atoms with Crippen molar-refractivity contribution in [1.29, 1.82) is 0 Å². The van der Waals surface area contributed by atoms with E-state index in [1.807, 2.05) is 0 Å². The van der Waals surface area contributed by atoms with Crippen molar-refractivity contribution >= 4 is 5.95 Å². The fourth-order valence-electron chi connectivity index (χ4n) is 1.80. The Morgan fingerprint density at radius 3 is 3.06 bits per heavy atom. The van der Waals surface area contributed by atoms with Crippen LogP contribution < -0.4 is 10.1 Å². The summed E-state index contributed by atoms with van der Waals surface area (Å²) in [6, 6.07) is 1.80. The smallest absolute Gasteiger partial charge is 0.225 e. The average Bonchev–Trinajstić information content (AvgIpc) is 3.18. The van der Waals surface area contributed by atoms with Gasteiger partial charge in [-0.3, -0.25) is 0 Å². The SMILES string of the molecule is CCCOc1ccnc(NCC(C)C2CC2)n1. The molecule has 0 amide bonds. The summed E-state index contributed by atoms with van der Waals surface area (Å²) >= 11 is 0. The highest BCUT2D eigenvalue weighted by Crippen LogP contribution is 2.36. The van der Waals surface area contributed by atoms with Crippen molar-refractivity contribution in [3.63, 3.8) is 0 Å². The molecule has 1 atom stereocenters. The van der Waals surface area contributed by atoms with E-state index in [2.05, 4.69) is 29.1 Å². The number of hydrogen-bond donors (Lipinski definition) is 1. The quantitative estimate of drug-likeness (QED) is 0.789. The van der Waals surface area contributed by atoms with Crippen LogP contribution in [0.15, 0.2) is 12.3 Å². The predicted molar refractivity (Wildman–Crippen MR) is 68.2 cm³/mol. The molecule has 1 fully saturated rings. The van der Waals surface area contributed by atoms with Crippen LogP contribution in [0, 0.1) is 11.8 Å². The van der Waals surface area contributed by atoms with Crippen LogP contribution >= 0.6 is 0 Å². The lowest BCUT2D eigenvalue weighted by molar-refractivity contribution is 0.305. The third-order valence-electron chi connectivity index (χ3n) is 3.09. The van der Waals surface area contributed by atoms with Crippen molar-refractivity contribution in [3.05, 3.63) is 12.3 Å². The number of hydrogen-bond acceptors (Lipinski definition) is 4. The molecule has 1 unspecified atom stereocenters. The fraction of sp³-hybridized carbons (Fsp3) is 0.692. The highest BCUT2D eigenvalue weighted by molar-refractivity contribution is 5.27. The van der Waals surface area contributed by atoms with Gasteiger partial charge in [-0.1, -0.05) is 13.8 Å². The van der Waals surface area contributed by atoms with E-state index < -0.39 is 0 Å². The second-order valence-corrected chi connectivity index (χ2v) is 4.76. The Morgan fingerprint density at radius 1 is 1.53 bits per heavy atom. The summed E-state index contributed by atoms with van der Waals surface area (Å²) in [5, 5.41) is 3.28. The molecule has 94 valence electrons. The lowest BCUT2D eigenvalue weighted by atomic mass is 10.1. The minimum Gasteiger partial charge on any atom is -0.478 e. The molecule has 1 saturated carbocycles. The Balaban J connectivity index is 1.82. The summed E-state index contributed by atoms with van der Waals surface area (Å²) in [5.41, 5.74) is 0. The predicted octanol–water partition coefficient (Wildman–Crippen LogP) is 2.72. The van der Waals surface area contributed by atoms with E-state index in [0.29, 0.717) is 24.4 Å². The van der Waals surface area contributed by atoms with E-state index >= 15 is 0 Å². The van der Waals surface area contributed by atoms with Crippen LogP contribution in [0.2, 0.25) is 0 Å². The molecule has 0 bridgehead atoms. The molecule has 2 rings (SSSR count). The van der Waals surface area contributed by atoms with Crippen LogP contribution in [0.3, 0.4) is 0 Å². The molecule has 0 spiro atoms. The molecule has 1 aromatic rings. The Hall–Kier alpha value is -1.32. The maximum atomic E-state index is 5.47. The molecular weight excluding hydrogens is 214 g/mol. The van der Waals surface area contributed by atoms with E-state index in [9.17, 15) is 0 Å². The minimum atomic E-state index is 0.656. The Morgan fingerprint density at radius 2 is 2.35 bits per heavy atom. The van der Waals surface area contributed by atoms with Crippen molar-refractivity contribution in [3.8, 4) is 5.88 Å². The van der Waals surface area contributed by atoms with Gasteiger partial charge in [0.05, 0.1) is 6.61 Å². The Kier molecular flexibility index (Phi) is 4.18. The van der Waals surface area contributed by atoms with Gasteiger partial charge in [0.2, 0.25) is 11.8 Å². The van der Waals surface area contributed by atoms with Crippen LogP contribution in [0.4, 0.5) is 5.95 Å². The first-order valence-electron chi connectivity index (χ1n) is 6.49. The first kappa shape index (κ1) is 12.1. The summed E-state index contributed by atoms with van der Waals surface area (Å²) in [5.74, 6) is 2.94. The van der Waals surface area contributed by atoms with Gasteiger partial charge in [0.15, 0.2) is 0 Å². The number of ether oxygens (including phenoxy) is 1. The molecular formula is C13H21N3O. The van der Waals surface area contributed by atoms with E-state index in [4.69, 9.17) is 4.74 Å². The molecule has 4 nitrogen and oxygen atoms in total. The molecule has 1 aliphatic rings. The number of aromatic nitrogens is 2. The van der Waals surface area contributed by atoms with Crippen LogP contribution in [-0.2, 0) is 0 Å². The highest BCUT2D eigenvalue weighted by atomic mass is 16.5. The zero-order valence-electron chi connectivity index (χ0n) is 10.6. The van der Waals surface area contributed by atoms with Gasteiger partial charge < -0.3 is 10.1 Å².